The molecule has 7 nitrogen and oxygen atoms in total. The molecule has 0 spiro atoms. The highest BCUT2D eigenvalue weighted by Gasteiger charge is 2.47. The third-order valence-electron chi connectivity index (χ3n) is 4.72. The lowest BCUT2D eigenvalue weighted by atomic mass is 10.2. The van der Waals surface area contributed by atoms with Crippen molar-refractivity contribution in [3.8, 4) is 5.88 Å². The highest BCUT2D eigenvalue weighted by molar-refractivity contribution is 5.83. The number of ether oxygens (including phenoxy) is 1. The van der Waals surface area contributed by atoms with Gasteiger partial charge in [-0.15, -0.1) is 0 Å². The number of carbonyl (C=O) groups excluding carboxylic acids is 1. The largest absolute Gasteiger partial charge is 0.481 e. The van der Waals surface area contributed by atoms with Crippen molar-refractivity contribution in [2.24, 2.45) is 5.92 Å². The molecule has 24 heavy (non-hydrogen) atoms. The lowest BCUT2D eigenvalue weighted by Crippen LogP contribution is -2.49. The van der Waals surface area contributed by atoms with Crippen molar-refractivity contribution in [2.45, 2.75) is 12.3 Å². The highest BCUT2D eigenvalue weighted by Crippen LogP contribution is 2.48. The van der Waals surface area contributed by atoms with E-state index in [1.54, 1.807) is 25.6 Å². The summed E-state index contributed by atoms with van der Waals surface area (Å²) >= 11 is 0. The maximum atomic E-state index is 12.6. The van der Waals surface area contributed by atoms with E-state index in [4.69, 9.17) is 9.15 Å². The van der Waals surface area contributed by atoms with E-state index in [1.807, 2.05) is 17.0 Å². The zero-order chi connectivity index (χ0) is 16.5. The monoisotopic (exact) mass is 328 g/mol. The molecule has 2 aromatic rings. The second-order valence-electron chi connectivity index (χ2n) is 6.18. The number of rotatable bonds is 4. The number of hydrogen-bond donors (Lipinski definition) is 0. The Morgan fingerprint density at radius 2 is 2.12 bits per heavy atom. The first-order valence-electron chi connectivity index (χ1n) is 8.20. The number of aromatic nitrogens is 2. The molecule has 1 saturated carbocycles. The predicted octanol–water partition coefficient (Wildman–Crippen LogP) is 1.53. The van der Waals surface area contributed by atoms with Crippen LogP contribution >= 0.6 is 0 Å². The molecule has 2 atom stereocenters. The molecule has 1 aliphatic carbocycles. The Bertz CT molecular complexity index is 710. The van der Waals surface area contributed by atoms with Gasteiger partial charge in [0.2, 0.25) is 17.7 Å². The van der Waals surface area contributed by atoms with Crippen LogP contribution in [-0.4, -0.2) is 54.1 Å². The zero-order valence-electron chi connectivity index (χ0n) is 13.6. The quantitative estimate of drug-likeness (QED) is 0.847. The molecule has 126 valence electrons. The Labute approximate surface area is 140 Å². The molecule has 1 amide bonds. The van der Waals surface area contributed by atoms with Crippen molar-refractivity contribution >= 4 is 11.9 Å². The third kappa shape index (κ3) is 2.81. The van der Waals surface area contributed by atoms with Crippen LogP contribution < -0.4 is 9.64 Å². The van der Waals surface area contributed by atoms with Crippen LogP contribution in [0.3, 0.4) is 0 Å². The summed E-state index contributed by atoms with van der Waals surface area (Å²) in [7, 11) is 1.59. The minimum Gasteiger partial charge on any atom is -0.481 e. The number of methoxy groups -OCH3 is 1. The van der Waals surface area contributed by atoms with Crippen molar-refractivity contribution in [2.75, 3.05) is 38.2 Å². The topological polar surface area (TPSA) is 71.7 Å². The average molecular weight is 328 g/mol. The molecule has 0 N–H and O–H groups in total. The lowest BCUT2D eigenvalue weighted by Gasteiger charge is -2.35. The van der Waals surface area contributed by atoms with Gasteiger partial charge >= 0.3 is 0 Å². The normalized spacial score (nSPS) is 23.2. The van der Waals surface area contributed by atoms with Crippen molar-refractivity contribution in [3.63, 3.8) is 0 Å². The summed E-state index contributed by atoms with van der Waals surface area (Å²) in [5, 5.41) is 0. The fraction of sp³-hybridized carbons (Fsp3) is 0.471. The van der Waals surface area contributed by atoms with Crippen LogP contribution in [0.25, 0.3) is 0 Å². The van der Waals surface area contributed by atoms with Gasteiger partial charge in [0.25, 0.3) is 0 Å². The van der Waals surface area contributed by atoms with Gasteiger partial charge in [-0.05, 0) is 18.6 Å². The number of amides is 1. The van der Waals surface area contributed by atoms with Crippen LogP contribution in [0.5, 0.6) is 5.88 Å². The summed E-state index contributed by atoms with van der Waals surface area (Å²) in [6.45, 7) is 2.86. The molecule has 1 saturated heterocycles. The minimum absolute atomic E-state index is 0.0794. The minimum atomic E-state index is 0.0794. The van der Waals surface area contributed by atoms with E-state index in [2.05, 4.69) is 14.9 Å². The maximum Gasteiger partial charge on any atom is 0.228 e. The average Bonchev–Trinajstić information content (AvgIpc) is 3.26. The summed E-state index contributed by atoms with van der Waals surface area (Å²) in [4.78, 5) is 25.3. The maximum absolute atomic E-state index is 12.6. The fourth-order valence-corrected chi connectivity index (χ4v) is 3.24. The first-order chi connectivity index (χ1) is 11.8. The van der Waals surface area contributed by atoms with Crippen LogP contribution in [0, 0.1) is 5.92 Å². The highest BCUT2D eigenvalue weighted by atomic mass is 16.5. The molecule has 1 aliphatic heterocycles. The summed E-state index contributed by atoms with van der Waals surface area (Å²) in [5.74, 6) is 2.71. The second-order valence-corrected chi connectivity index (χ2v) is 6.18. The SMILES string of the molecule is COc1ccnc(N2CCN(C(=O)[C@@H]3C[C@@H]3c3ccco3)CC2)n1. The van der Waals surface area contributed by atoms with E-state index in [1.165, 1.54) is 0 Å². The first-order valence-corrected chi connectivity index (χ1v) is 8.20. The van der Waals surface area contributed by atoms with Crippen molar-refractivity contribution in [3.05, 3.63) is 36.4 Å². The van der Waals surface area contributed by atoms with Gasteiger partial charge in [0.1, 0.15) is 5.76 Å². The number of nitrogens with zero attached hydrogens (tertiary/aromatic N) is 4. The van der Waals surface area contributed by atoms with Gasteiger partial charge in [-0.1, -0.05) is 0 Å². The Morgan fingerprint density at radius 3 is 2.83 bits per heavy atom. The van der Waals surface area contributed by atoms with E-state index in [0.29, 0.717) is 24.9 Å². The molecule has 7 heteroatoms. The second kappa shape index (κ2) is 6.14. The number of hydrogen-bond acceptors (Lipinski definition) is 6. The Kier molecular flexibility index (Phi) is 3.84. The van der Waals surface area contributed by atoms with E-state index >= 15 is 0 Å². The number of carbonyl (C=O) groups is 1. The van der Waals surface area contributed by atoms with Gasteiger partial charge < -0.3 is 19.0 Å². The fourth-order valence-electron chi connectivity index (χ4n) is 3.24. The Balaban J connectivity index is 1.34. The van der Waals surface area contributed by atoms with Gasteiger partial charge in [0.05, 0.1) is 13.4 Å². The molecular weight excluding hydrogens is 308 g/mol. The van der Waals surface area contributed by atoms with E-state index in [0.717, 1.165) is 25.3 Å². The zero-order valence-corrected chi connectivity index (χ0v) is 13.6. The number of piperazine rings is 1. The van der Waals surface area contributed by atoms with Crippen LogP contribution in [0.2, 0.25) is 0 Å². The molecule has 0 unspecified atom stereocenters. The smallest absolute Gasteiger partial charge is 0.228 e. The van der Waals surface area contributed by atoms with E-state index < -0.39 is 0 Å². The molecule has 3 heterocycles. The van der Waals surface area contributed by atoms with Crippen molar-refractivity contribution in [1.82, 2.24) is 14.9 Å². The molecule has 4 rings (SSSR count). The molecule has 0 radical (unpaired) electrons. The standard InChI is InChI=1S/C17H20N4O3/c1-23-15-4-5-18-17(19-15)21-8-6-20(7-9-21)16(22)13-11-12(13)14-3-2-10-24-14/h2-5,10,12-13H,6-9,11H2,1H3/t12-,13+/m0/s1. The number of anilines is 1. The van der Waals surface area contributed by atoms with Crippen molar-refractivity contribution < 1.29 is 13.9 Å². The van der Waals surface area contributed by atoms with Gasteiger partial charge in [-0.25, -0.2) is 4.98 Å². The van der Waals surface area contributed by atoms with E-state index in [9.17, 15) is 4.79 Å². The summed E-state index contributed by atoms with van der Waals surface area (Å²) < 4.78 is 10.6. The lowest BCUT2D eigenvalue weighted by molar-refractivity contribution is -0.133. The third-order valence-corrected chi connectivity index (χ3v) is 4.72. The molecular formula is C17H20N4O3. The van der Waals surface area contributed by atoms with Crippen LogP contribution in [0.4, 0.5) is 5.95 Å². The molecule has 2 fully saturated rings. The van der Waals surface area contributed by atoms with Crippen LogP contribution in [0.1, 0.15) is 18.1 Å². The molecule has 2 aromatic heterocycles. The van der Waals surface area contributed by atoms with E-state index in [-0.39, 0.29) is 17.7 Å². The molecule has 0 bridgehead atoms. The van der Waals surface area contributed by atoms with Crippen LogP contribution in [0.15, 0.2) is 35.1 Å². The van der Waals surface area contributed by atoms with Crippen molar-refractivity contribution in [1.29, 1.82) is 0 Å². The van der Waals surface area contributed by atoms with Crippen LogP contribution in [-0.2, 0) is 4.79 Å². The molecule has 2 aliphatic rings. The summed E-state index contributed by atoms with van der Waals surface area (Å²) in [5.41, 5.74) is 0. The molecule has 0 aromatic carbocycles. The Morgan fingerprint density at radius 1 is 1.29 bits per heavy atom. The van der Waals surface area contributed by atoms with Gasteiger partial charge in [-0.2, -0.15) is 4.98 Å². The number of furan rings is 1. The summed E-state index contributed by atoms with van der Waals surface area (Å²) in [6, 6.07) is 5.56. The van der Waals surface area contributed by atoms with Gasteiger partial charge in [0, 0.05) is 50.3 Å². The van der Waals surface area contributed by atoms with Gasteiger partial charge in [-0.3, -0.25) is 4.79 Å². The van der Waals surface area contributed by atoms with Gasteiger partial charge in [0.15, 0.2) is 0 Å². The first kappa shape index (κ1) is 15.0. The Hall–Kier alpha value is -2.57. The predicted molar refractivity (Wildman–Crippen MR) is 86.9 cm³/mol. The summed E-state index contributed by atoms with van der Waals surface area (Å²) in [6.07, 6.45) is 4.25.